The van der Waals surface area contributed by atoms with Crippen LogP contribution >= 0.6 is 0 Å². The van der Waals surface area contributed by atoms with Gasteiger partial charge in [0.05, 0.1) is 0 Å². The standard InChI is InChI=1S/C3H7Te/c1-2-3-4/h3-4H,2H2,1H3. The molecule has 1 heteroatoms. The molecule has 0 N–H and O–H groups in total. The Morgan fingerprint density at radius 3 is 2.25 bits per heavy atom. The first kappa shape index (κ1) is 4.79. The topological polar surface area (TPSA) is 0 Å². The molecule has 0 rings (SSSR count). The summed E-state index contributed by atoms with van der Waals surface area (Å²) in [6, 6.07) is 0. The van der Waals surface area contributed by atoms with Crippen LogP contribution in [0.2, 0.25) is 0 Å². The summed E-state index contributed by atoms with van der Waals surface area (Å²) < 4.78 is 2.17. The summed E-state index contributed by atoms with van der Waals surface area (Å²) in [5, 5.41) is 0. The zero-order chi connectivity index (χ0) is 3.41. The molecule has 4 heavy (non-hydrogen) atoms. The Labute approximate surface area is 40.5 Å². The van der Waals surface area contributed by atoms with Crippen molar-refractivity contribution in [1.29, 1.82) is 0 Å². The first-order valence-electron chi connectivity index (χ1n) is 1.37. The molecule has 0 aromatic heterocycles. The van der Waals surface area contributed by atoms with E-state index in [9.17, 15) is 0 Å². The van der Waals surface area contributed by atoms with E-state index >= 15 is 0 Å². The van der Waals surface area contributed by atoms with Gasteiger partial charge >= 0.3 is 40.1 Å². The molecule has 25 valence electrons. The normalized spacial score (nSPS) is 7.50. The minimum atomic E-state index is 1.22. The molecule has 0 aliphatic carbocycles. The van der Waals surface area contributed by atoms with Crippen LogP contribution in [0, 0.1) is 4.47 Å². The fourth-order valence-electron chi connectivity index (χ4n) is 0. The maximum atomic E-state index is 2.17. The van der Waals surface area contributed by atoms with Crippen LogP contribution in [0.15, 0.2) is 0 Å². The Bertz CT molecular complexity index is 5.25. The minimum absolute atomic E-state index is 1.22. The fourth-order valence-corrected chi connectivity index (χ4v) is 0. The van der Waals surface area contributed by atoms with Crippen molar-refractivity contribution in [2.45, 2.75) is 13.3 Å². The number of hydrogen-bond donors (Lipinski definition) is 0. The third-order valence-electron chi connectivity index (χ3n) is 0.183. The molecule has 0 bridgehead atoms. The molecule has 0 fully saturated rings. The Balaban J connectivity index is 1.97. The Morgan fingerprint density at radius 1 is 2.00 bits per heavy atom. The van der Waals surface area contributed by atoms with Gasteiger partial charge in [0.25, 0.3) is 0 Å². The summed E-state index contributed by atoms with van der Waals surface area (Å²) in [7, 11) is 0. The van der Waals surface area contributed by atoms with E-state index in [2.05, 4.69) is 11.4 Å². The van der Waals surface area contributed by atoms with Crippen LogP contribution in [0.1, 0.15) is 13.3 Å². The molecule has 1 radical (unpaired) electrons. The Kier molecular flexibility index (Phi) is 4.54. The van der Waals surface area contributed by atoms with Crippen molar-refractivity contribution in [3.63, 3.8) is 0 Å². The van der Waals surface area contributed by atoms with E-state index in [1.807, 2.05) is 0 Å². The van der Waals surface area contributed by atoms with Crippen LogP contribution in [-0.2, 0) is 0 Å². The molecule has 0 aliphatic rings. The number of hydrogen-bond acceptors (Lipinski definition) is 0. The predicted molar refractivity (Wildman–Crippen MR) is 21.7 cm³/mol. The van der Waals surface area contributed by atoms with E-state index in [1.54, 1.807) is 22.3 Å². The Hall–Kier alpha value is 0.790. The van der Waals surface area contributed by atoms with Crippen LogP contribution in [0.4, 0.5) is 0 Å². The van der Waals surface area contributed by atoms with Gasteiger partial charge in [0.1, 0.15) is 0 Å². The van der Waals surface area contributed by atoms with Gasteiger partial charge in [-0.25, -0.2) is 0 Å². The van der Waals surface area contributed by atoms with E-state index in [0.29, 0.717) is 0 Å². The van der Waals surface area contributed by atoms with Crippen molar-refractivity contribution in [2.75, 3.05) is 0 Å². The van der Waals surface area contributed by atoms with Crippen molar-refractivity contribution in [3.05, 3.63) is 4.47 Å². The van der Waals surface area contributed by atoms with E-state index in [4.69, 9.17) is 0 Å². The summed E-state index contributed by atoms with van der Waals surface area (Å²) in [6.45, 7) is 2.14. The van der Waals surface area contributed by atoms with E-state index < -0.39 is 0 Å². The second-order valence-electron chi connectivity index (χ2n) is 0.591. The van der Waals surface area contributed by atoms with Crippen molar-refractivity contribution < 1.29 is 0 Å². The van der Waals surface area contributed by atoms with Gasteiger partial charge in [-0.15, -0.1) is 0 Å². The summed E-state index contributed by atoms with van der Waals surface area (Å²) in [5.41, 5.74) is 0. The first-order chi connectivity index (χ1) is 1.91. The van der Waals surface area contributed by atoms with Gasteiger partial charge < -0.3 is 0 Å². The summed E-state index contributed by atoms with van der Waals surface area (Å²) in [5.74, 6) is 0. The molecule has 0 atom stereocenters. The molecular weight excluding hydrogens is 164 g/mol. The van der Waals surface area contributed by atoms with Gasteiger partial charge in [-0.05, 0) is 0 Å². The summed E-state index contributed by atoms with van der Waals surface area (Å²) >= 11 is 1.77. The average molecular weight is 171 g/mol. The predicted octanol–water partition coefficient (Wildman–Crippen LogP) is 0.459. The van der Waals surface area contributed by atoms with Crippen LogP contribution in [0.3, 0.4) is 0 Å². The van der Waals surface area contributed by atoms with E-state index in [0.717, 1.165) is 0 Å². The quantitative estimate of drug-likeness (QED) is 0.502. The number of rotatable bonds is 1. The van der Waals surface area contributed by atoms with Crippen LogP contribution in [0.5, 0.6) is 0 Å². The second-order valence-corrected chi connectivity index (χ2v) is 1.63. The molecule has 0 aromatic carbocycles. The monoisotopic (exact) mass is 173 g/mol. The van der Waals surface area contributed by atoms with Crippen LogP contribution < -0.4 is 0 Å². The van der Waals surface area contributed by atoms with Gasteiger partial charge in [-0.1, -0.05) is 0 Å². The van der Waals surface area contributed by atoms with Gasteiger partial charge in [0.2, 0.25) is 0 Å². The second kappa shape index (κ2) is 3.79. The van der Waals surface area contributed by atoms with E-state index in [-0.39, 0.29) is 0 Å². The van der Waals surface area contributed by atoms with Gasteiger partial charge in [-0.3, -0.25) is 0 Å². The molecule has 0 aromatic rings. The van der Waals surface area contributed by atoms with Gasteiger partial charge in [0, 0.05) is 0 Å². The molecule has 0 aliphatic heterocycles. The average Bonchev–Trinajstić information content (AvgIpc) is 1.37. The third-order valence-corrected chi connectivity index (χ3v) is 1.22. The van der Waals surface area contributed by atoms with Gasteiger partial charge in [0.15, 0.2) is 0 Å². The van der Waals surface area contributed by atoms with Crippen molar-refractivity contribution in [3.8, 4) is 0 Å². The molecule has 0 saturated carbocycles. The summed E-state index contributed by atoms with van der Waals surface area (Å²) in [6.07, 6.45) is 1.22. The van der Waals surface area contributed by atoms with Crippen molar-refractivity contribution in [1.82, 2.24) is 0 Å². The summed E-state index contributed by atoms with van der Waals surface area (Å²) in [4.78, 5) is 0. The van der Waals surface area contributed by atoms with Crippen LogP contribution in [-0.4, -0.2) is 22.3 Å². The Morgan fingerprint density at radius 2 is 2.25 bits per heavy atom. The van der Waals surface area contributed by atoms with Crippen molar-refractivity contribution in [2.24, 2.45) is 0 Å². The molecule has 0 unspecified atom stereocenters. The fraction of sp³-hybridized carbons (Fsp3) is 0.667. The third kappa shape index (κ3) is 2.79. The molecule has 0 spiro atoms. The van der Waals surface area contributed by atoms with Gasteiger partial charge in [-0.2, -0.15) is 0 Å². The SMILES string of the molecule is CC[CH][TeH]. The molecule has 0 saturated heterocycles. The van der Waals surface area contributed by atoms with E-state index in [1.165, 1.54) is 6.42 Å². The maximum absolute atomic E-state index is 2.17. The molecular formula is C3H7Te. The zero-order valence-corrected chi connectivity index (χ0v) is 5.28. The van der Waals surface area contributed by atoms with Crippen LogP contribution in [0.25, 0.3) is 0 Å². The first-order valence-corrected chi connectivity index (χ1v) is 2.85. The molecule has 0 amide bonds. The molecule has 0 nitrogen and oxygen atoms in total. The molecule has 0 heterocycles. The zero-order valence-electron chi connectivity index (χ0n) is 2.73. The van der Waals surface area contributed by atoms with Crippen molar-refractivity contribution >= 4 is 22.3 Å².